The maximum absolute atomic E-state index is 2.46. The molecule has 0 saturated carbocycles. The van der Waals surface area contributed by atoms with Crippen molar-refractivity contribution >= 4 is 8.80 Å². The largest absolute Gasteiger partial charge is 0.0801 e. The fourth-order valence-corrected chi connectivity index (χ4v) is 3.87. The van der Waals surface area contributed by atoms with Crippen LogP contribution in [-0.4, -0.2) is 8.80 Å². The highest BCUT2D eigenvalue weighted by atomic mass is 28.3. The van der Waals surface area contributed by atoms with E-state index < -0.39 is 0 Å². The van der Waals surface area contributed by atoms with Crippen LogP contribution in [0.2, 0.25) is 18.6 Å². The molecule has 0 fully saturated rings. The van der Waals surface area contributed by atoms with Crippen molar-refractivity contribution in [2.24, 2.45) is 0 Å². The summed E-state index contributed by atoms with van der Waals surface area (Å²) in [5.74, 6) is 0. The minimum Gasteiger partial charge on any atom is -0.0801 e. The van der Waals surface area contributed by atoms with Crippen molar-refractivity contribution in [3.05, 3.63) is 23.3 Å². The Hall–Kier alpha value is -0.303. The van der Waals surface area contributed by atoms with Crippen LogP contribution in [0.15, 0.2) is 23.3 Å². The molecule has 0 N–H and O–H groups in total. The van der Waals surface area contributed by atoms with Crippen LogP contribution < -0.4 is 0 Å². The molecule has 0 aromatic carbocycles. The van der Waals surface area contributed by atoms with Crippen LogP contribution in [0.1, 0.15) is 25.7 Å². The molecular weight excluding hydrogens is 160 g/mol. The minimum absolute atomic E-state index is 0.126. The molecule has 0 amide bonds. The molecule has 0 heterocycles. The van der Waals surface area contributed by atoms with Crippen LogP contribution in [0.3, 0.4) is 0 Å². The molecule has 0 bridgehead atoms. The second-order valence-corrected chi connectivity index (χ2v) is 6.95. The van der Waals surface area contributed by atoms with Gasteiger partial charge >= 0.3 is 0 Å². The van der Waals surface area contributed by atoms with Gasteiger partial charge in [-0.25, -0.2) is 0 Å². The smallest absolute Gasteiger partial charge is 0.0543 e. The Balaban J connectivity index is 2.21. The molecule has 0 nitrogen and oxygen atoms in total. The van der Waals surface area contributed by atoms with E-state index in [9.17, 15) is 0 Å². The summed E-state index contributed by atoms with van der Waals surface area (Å²) in [6.45, 7) is 4.87. The Morgan fingerprint density at radius 3 is 2.75 bits per heavy atom. The van der Waals surface area contributed by atoms with E-state index >= 15 is 0 Å². The third-order valence-corrected chi connectivity index (χ3v) is 4.83. The van der Waals surface area contributed by atoms with Gasteiger partial charge in [-0.1, -0.05) is 30.8 Å². The summed E-state index contributed by atoms with van der Waals surface area (Å²) in [5.41, 5.74) is 4.38. The van der Waals surface area contributed by atoms with Gasteiger partial charge in [0.1, 0.15) is 0 Å². The van der Waals surface area contributed by atoms with Crippen LogP contribution in [0, 0.1) is 0 Å². The Kier molecular flexibility index (Phi) is 2.22. The van der Waals surface area contributed by atoms with Gasteiger partial charge in [0.15, 0.2) is 0 Å². The normalized spacial score (nSPS) is 28.4. The monoisotopic (exact) mass is 177 g/mol. The molecule has 0 aromatic heterocycles. The average molecular weight is 177 g/mol. The van der Waals surface area contributed by atoms with Crippen molar-refractivity contribution in [2.75, 3.05) is 0 Å². The molecule has 0 spiro atoms. The van der Waals surface area contributed by atoms with E-state index in [1.807, 2.05) is 0 Å². The van der Waals surface area contributed by atoms with Gasteiger partial charge in [-0.05, 0) is 36.8 Å². The van der Waals surface area contributed by atoms with Crippen LogP contribution in [0.5, 0.6) is 0 Å². The first-order chi connectivity index (χ1) is 5.79. The van der Waals surface area contributed by atoms with E-state index in [-0.39, 0.29) is 8.80 Å². The van der Waals surface area contributed by atoms with E-state index in [0.29, 0.717) is 0 Å². The summed E-state index contributed by atoms with van der Waals surface area (Å²) in [6, 6.07) is 0. The van der Waals surface area contributed by atoms with Crippen molar-refractivity contribution in [2.45, 2.75) is 44.3 Å². The zero-order chi connectivity index (χ0) is 8.55. The quantitative estimate of drug-likeness (QED) is 0.537. The van der Waals surface area contributed by atoms with E-state index in [2.05, 4.69) is 25.2 Å². The van der Waals surface area contributed by atoms with E-state index in [1.54, 1.807) is 11.1 Å². The lowest BCUT2D eigenvalue weighted by Crippen LogP contribution is -2.12. The van der Waals surface area contributed by atoms with Crippen molar-refractivity contribution in [3.8, 4) is 0 Å². The molecular formula is C11H17Si. The van der Waals surface area contributed by atoms with E-state index in [0.717, 1.165) is 5.54 Å². The van der Waals surface area contributed by atoms with Crippen LogP contribution in [-0.2, 0) is 0 Å². The molecule has 2 aliphatic rings. The first-order valence-electron chi connectivity index (χ1n) is 4.99. The maximum Gasteiger partial charge on any atom is 0.0543 e. The highest BCUT2D eigenvalue weighted by Crippen LogP contribution is 2.40. The Labute approximate surface area is 77.0 Å². The Bertz CT molecular complexity index is 235. The molecule has 0 saturated heterocycles. The van der Waals surface area contributed by atoms with Crippen molar-refractivity contribution in [1.29, 1.82) is 0 Å². The third-order valence-electron chi connectivity index (χ3n) is 3.04. The summed E-state index contributed by atoms with van der Waals surface area (Å²) in [5, 5.41) is 0. The van der Waals surface area contributed by atoms with Gasteiger partial charge < -0.3 is 0 Å². The highest BCUT2D eigenvalue weighted by molar-refractivity contribution is 6.59. The lowest BCUT2D eigenvalue weighted by molar-refractivity contribution is 0.679. The number of rotatable bonds is 1. The molecule has 1 heteroatoms. The lowest BCUT2D eigenvalue weighted by Gasteiger charge is -2.21. The zero-order valence-electron chi connectivity index (χ0n) is 8.06. The van der Waals surface area contributed by atoms with Gasteiger partial charge in [-0.15, -0.1) is 0 Å². The molecule has 0 aliphatic heterocycles. The first-order valence-corrected chi connectivity index (χ1v) is 7.57. The number of allylic oxidation sites excluding steroid dienone is 4. The van der Waals surface area contributed by atoms with Gasteiger partial charge in [-0.3, -0.25) is 0 Å². The lowest BCUT2D eigenvalue weighted by atomic mass is 9.94. The second kappa shape index (κ2) is 3.21. The standard InChI is InChI=1S/C11H17Si/c1-12(2)11-8-7-9-5-3-4-6-10(9)11/h7-8,11H,3-6H2,1-2H3. The maximum atomic E-state index is 2.46. The van der Waals surface area contributed by atoms with Crippen LogP contribution in [0.4, 0.5) is 0 Å². The van der Waals surface area contributed by atoms with Crippen molar-refractivity contribution in [3.63, 3.8) is 0 Å². The molecule has 2 rings (SSSR count). The van der Waals surface area contributed by atoms with Gasteiger partial charge in [0.2, 0.25) is 0 Å². The second-order valence-electron chi connectivity index (χ2n) is 4.17. The van der Waals surface area contributed by atoms with Crippen LogP contribution >= 0.6 is 0 Å². The van der Waals surface area contributed by atoms with Gasteiger partial charge in [-0.2, -0.15) is 0 Å². The average Bonchev–Trinajstić information content (AvgIpc) is 2.47. The zero-order valence-corrected chi connectivity index (χ0v) is 9.06. The van der Waals surface area contributed by atoms with Gasteiger partial charge in [0.25, 0.3) is 0 Å². The van der Waals surface area contributed by atoms with Gasteiger partial charge in [0, 0.05) is 0 Å². The van der Waals surface area contributed by atoms with E-state index in [1.165, 1.54) is 25.7 Å². The molecule has 65 valence electrons. The summed E-state index contributed by atoms with van der Waals surface area (Å²) >= 11 is 0. The Morgan fingerprint density at radius 1 is 1.25 bits per heavy atom. The van der Waals surface area contributed by atoms with Crippen LogP contribution in [0.25, 0.3) is 0 Å². The van der Waals surface area contributed by atoms with E-state index in [4.69, 9.17) is 0 Å². The predicted molar refractivity (Wildman–Crippen MR) is 55.9 cm³/mol. The third kappa shape index (κ3) is 1.31. The molecule has 12 heavy (non-hydrogen) atoms. The predicted octanol–water partition coefficient (Wildman–Crippen LogP) is 3.55. The Morgan fingerprint density at radius 2 is 2.00 bits per heavy atom. The number of hydrogen-bond donors (Lipinski definition) is 0. The molecule has 0 aromatic rings. The fourth-order valence-electron chi connectivity index (χ4n) is 2.37. The fraction of sp³-hybridized carbons (Fsp3) is 0.636. The van der Waals surface area contributed by atoms with Crippen molar-refractivity contribution < 1.29 is 0 Å². The minimum atomic E-state index is -0.126. The highest BCUT2D eigenvalue weighted by Gasteiger charge is 2.25. The molecule has 1 radical (unpaired) electrons. The summed E-state index contributed by atoms with van der Waals surface area (Å²) in [6.07, 6.45) is 10.5. The molecule has 1 atom stereocenters. The molecule has 2 aliphatic carbocycles. The van der Waals surface area contributed by atoms with Crippen molar-refractivity contribution in [1.82, 2.24) is 0 Å². The molecule has 1 unspecified atom stereocenters. The first kappa shape index (κ1) is 8.30. The summed E-state index contributed by atoms with van der Waals surface area (Å²) in [4.78, 5) is 0. The number of hydrogen-bond acceptors (Lipinski definition) is 0. The summed E-state index contributed by atoms with van der Waals surface area (Å²) < 4.78 is 0. The van der Waals surface area contributed by atoms with Gasteiger partial charge in [0.05, 0.1) is 8.80 Å². The topological polar surface area (TPSA) is 0 Å². The SMILES string of the molecule is C[Si](C)C1C=CC2=C1CCCC2. The summed E-state index contributed by atoms with van der Waals surface area (Å²) in [7, 11) is -0.126.